The number of hydrogen-bond donors (Lipinski definition) is 1. The van der Waals surface area contributed by atoms with Crippen molar-refractivity contribution in [1.29, 1.82) is 0 Å². The third-order valence-corrected chi connectivity index (χ3v) is 6.52. The van der Waals surface area contributed by atoms with E-state index in [1.165, 1.54) is 36.4 Å². The minimum Gasteiger partial charge on any atom is -0.484 e. The summed E-state index contributed by atoms with van der Waals surface area (Å²) in [5.74, 6) is 0.0826. The van der Waals surface area contributed by atoms with Gasteiger partial charge in [-0.2, -0.15) is 0 Å². The number of primary sulfonamides is 1. The number of hydrogen-bond acceptors (Lipinski definition) is 6. The number of carbonyl (C=O) groups excluding carboxylic acids is 1. The maximum absolute atomic E-state index is 12.7. The molecule has 0 spiro atoms. The number of rotatable bonds is 5. The Morgan fingerprint density at radius 2 is 1.71 bits per heavy atom. The number of fused-ring (bicyclic) bond motifs is 1. The quantitative estimate of drug-likeness (QED) is 0.766. The Morgan fingerprint density at radius 3 is 2.29 bits per heavy atom. The van der Waals surface area contributed by atoms with Crippen LogP contribution in [-0.2, 0) is 31.1 Å². The van der Waals surface area contributed by atoms with Crippen molar-refractivity contribution in [2.45, 2.75) is 29.2 Å². The summed E-state index contributed by atoms with van der Waals surface area (Å²) in [5, 5.41) is 5.16. The second kappa shape index (κ2) is 7.19. The number of amides is 1. The summed E-state index contributed by atoms with van der Waals surface area (Å²) in [4.78, 5) is 14.4. The van der Waals surface area contributed by atoms with Gasteiger partial charge in [-0.1, -0.05) is 0 Å². The van der Waals surface area contributed by atoms with Crippen LogP contribution in [0.3, 0.4) is 0 Å². The molecule has 1 aliphatic rings. The summed E-state index contributed by atoms with van der Waals surface area (Å²) in [6.45, 7) is 1.62. The zero-order valence-corrected chi connectivity index (χ0v) is 17.0. The van der Waals surface area contributed by atoms with Gasteiger partial charge in [0, 0.05) is 18.0 Å². The third kappa shape index (κ3) is 4.18. The van der Waals surface area contributed by atoms with Crippen molar-refractivity contribution >= 4 is 31.5 Å². The third-order valence-electron chi connectivity index (χ3n) is 4.48. The molecule has 0 aliphatic carbocycles. The molecule has 8 nitrogen and oxygen atoms in total. The lowest BCUT2D eigenvalue weighted by Crippen LogP contribution is -2.39. The minimum absolute atomic E-state index is 0.00923. The first kappa shape index (κ1) is 20.3. The number of nitrogens with two attached hydrogens (primary N) is 1. The van der Waals surface area contributed by atoms with Crippen LogP contribution >= 0.6 is 0 Å². The monoisotopic (exact) mass is 424 g/mol. The predicted molar refractivity (Wildman–Crippen MR) is 104 cm³/mol. The van der Waals surface area contributed by atoms with Crippen LogP contribution in [-0.4, -0.2) is 41.6 Å². The molecule has 150 valence electrons. The standard InChI is InChI=1S/C18H20N2O6S2/c1-12-9-13-10-16(28(19,24)25)7-8-17(13)20(12)18(21)11-26-14-3-5-15(6-4-14)27(2,22)23/h3-8,10,12H,9,11H2,1-2H3,(H2,19,24,25). The van der Waals surface area contributed by atoms with E-state index in [0.29, 0.717) is 17.9 Å². The first-order chi connectivity index (χ1) is 13.0. The fraction of sp³-hybridized carbons (Fsp3) is 0.278. The van der Waals surface area contributed by atoms with Crippen LogP contribution in [0.2, 0.25) is 0 Å². The largest absolute Gasteiger partial charge is 0.484 e. The van der Waals surface area contributed by atoms with Crippen molar-refractivity contribution in [3.05, 3.63) is 48.0 Å². The SMILES string of the molecule is CC1Cc2cc(S(N)(=O)=O)ccc2N1C(=O)COc1ccc(S(C)(=O)=O)cc1. The molecule has 0 saturated heterocycles. The predicted octanol–water partition coefficient (Wildman–Crippen LogP) is 1.09. The van der Waals surface area contributed by atoms with Gasteiger partial charge in [-0.3, -0.25) is 4.79 Å². The van der Waals surface area contributed by atoms with Gasteiger partial charge in [-0.15, -0.1) is 0 Å². The molecule has 3 rings (SSSR count). The zero-order valence-electron chi connectivity index (χ0n) is 15.3. The van der Waals surface area contributed by atoms with E-state index < -0.39 is 19.9 Å². The molecule has 1 aliphatic heterocycles. The highest BCUT2D eigenvalue weighted by Gasteiger charge is 2.32. The van der Waals surface area contributed by atoms with Gasteiger partial charge in [0.25, 0.3) is 5.91 Å². The normalized spacial score (nSPS) is 16.7. The number of benzene rings is 2. The topological polar surface area (TPSA) is 124 Å². The van der Waals surface area contributed by atoms with E-state index in [1.807, 2.05) is 6.92 Å². The molecule has 1 atom stereocenters. The van der Waals surface area contributed by atoms with Crippen LogP contribution in [0.5, 0.6) is 5.75 Å². The number of carbonyl (C=O) groups is 1. The van der Waals surface area contributed by atoms with E-state index >= 15 is 0 Å². The minimum atomic E-state index is -3.81. The van der Waals surface area contributed by atoms with Crippen molar-refractivity contribution in [2.75, 3.05) is 17.8 Å². The molecule has 0 fully saturated rings. The zero-order chi connectivity index (χ0) is 20.7. The molecule has 2 aromatic carbocycles. The summed E-state index contributed by atoms with van der Waals surface area (Å²) < 4.78 is 51.5. The lowest BCUT2D eigenvalue weighted by molar-refractivity contribution is -0.120. The molecule has 2 aromatic rings. The molecule has 2 N–H and O–H groups in total. The number of nitrogens with zero attached hydrogens (tertiary/aromatic N) is 1. The average Bonchev–Trinajstić information content (AvgIpc) is 2.93. The van der Waals surface area contributed by atoms with Crippen molar-refractivity contribution in [3.8, 4) is 5.75 Å². The summed E-state index contributed by atoms with van der Waals surface area (Å²) in [6, 6.07) is 10.1. The lowest BCUT2D eigenvalue weighted by Gasteiger charge is -2.22. The van der Waals surface area contributed by atoms with Gasteiger partial charge in [0.15, 0.2) is 16.4 Å². The molecule has 0 radical (unpaired) electrons. The van der Waals surface area contributed by atoms with Gasteiger partial charge in [0.2, 0.25) is 10.0 Å². The molecular weight excluding hydrogens is 404 g/mol. The maximum Gasteiger partial charge on any atom is 0.265 e. The Labute approximate surface area is 163 Å². The van der Waals surface area contributed by atoms with Gasteiger partial charge < -0.3 is 9.64 Å². The van der Waals surface area contributed by atoms with E-state index in [-0.39, 0.29) is 28.3 Å². The fourth-order valence-electron chi connectivity index (χ4n) is 3.16. The number of ether oxygens (including phenoxy) is 1. The van der Waals surface area contributed by atoms with Gasteiger partial charge >= 0.3 is 0 Å². The molecule has 1 amide bonds. The van der Waals surface area contributed by atoms with Gasteiger partial charge in [0.05, 0.1) is 9.79 Å². The number of sulfonamides is 1. The van der Waals surface area contributed by atoms with Crippen molar-refractivity contribution < 1.29 is 26.4 Å². The van der Waals surface area contributed by atoms with Gasteiger partial charge in [-0.05, 0) is 61.4 Å². The van der Waals surface area contributed by atoms with E-state index in [0.717, 1.165) is 11.8 Å². The Kier molecular flexibility index (Phi) is 5.22. The van der Waals surface area contributed by atoms with E-state index in [4.69, 9.17) is 9.88 Å². The Morgan fingerprint density at radius 1 is 1.11 bits per heavy atom. The summed E-state index contributed by atoms with van der Waals surface area (Å²) in [7, 11) is -7.11. The second-order valence-corrected chi connectivity index (χ2v) is 10.3. The average molecular weight is 425 g/mol. The molecule has 28 heavy (non-hydrogen) atoms. The van der Waals surface area contributed by atoms with Crippen LogP contribution < -0.4 is 14.8 Å². The first-order valence-electron chi connectivity index (χ1n) is 8.37. The molecule has 0 saturated carbocycles. The van der Waals surface area contributed by atoms with Gasteiger partial charge in [-0.25, -0.2) is 22.0 Å². The summed E-state index contributed by atoms with van der Waals surface area (Å²) in [5.41, 5.74) is 1.35. The van der Waals surface area contributed by atoms with E-state index in [2.05, 4.69) is 0 Å². The van der Waals surface area contributed by atoms with E-state index in [1.54, 1.807) is 11.0 Å². The molecule has 0 aromatic heterocycles. The van der Waals surface area contributed by atoms with Crippen LogP contribution in [0.1, 0.15) is 12.5 Å². The number of anilines is 1. The van der Waals surface area contributed by atoms with Gasteiger partial charge in [0.1, 0.15) is 5.75 Å². The van der Waals surface area contributed by atoms with Crippen LogP contribution in [0.4, 0.5) is 5.69 Å². The number of sulfone groups is 1. The molecule has 1 heterocycles. The first-order valence-corrected chi connectivity index (χ1v) is 11.8. The summed E-state index contributed by atoms with van der Waals surface area (Å²) in [6.07, 6.45) is 1.62. The molecule has 0 bridgehead atoms. The summed E-state index contributed by atoms with van der Waals surface area (Å²) >= 11 is 0. The van der Waals surface area contributed by atoms with Crippen molar-refractivity contribution in [2.24, 2.45) is 5.14 Å². The van der Waals surface area contributed by atoms with E-state index in [9.17, 15) is 21.6 Å². The Bertz CT molecular complexity index is 1130. The highest BCUT2D eigenvalue weighted by Crippen LogP contribution is 2.33. The fourth-order valence-corrected chi connectivity index (χ4v) is 4.36. The molecular formula is C18H20N2O6S2. The van der Waals surface area contributed by atoms with Crippen molar-refractivity contribution in [3.63, 3.8) is 0 Å². The highest BCUT2D eigenvalue weighted by atomic mass is 32.2. The smallest absolute Gasteiger partial charge is 0.265 e. The van der Waals surface area contributed by atoms with Crippen molar-refractivity contribution in [1.82, 2.24) is 0 Å². The van der Waals surface area contributed by atoms with Crippen LogP contribution in [0.25, 0.3) is 0 Å². The molecule has 10 heteroatoms. The van der Waals surface area contributed by atoms with Crippen LogP contribution in [0, 0.1) is 0 Å². The Balaban J connectivity index is 1.74. The van der Waals surface area contributed by atoms with Crippen LogP contribution in [0.15, 0.2) is 52.3 Å². The Hall–Kier alpha value is -2.43. The lowest BCUT2D eigenvalue weighted by atomic mass is 10.1. The highest BCUT2D eigenvalue weighted by molar-refractivity contribution is 7.90. The maximum atomic E-state index is 12.7. The second-order valence-electron chi connectivity index (χ2n) is 6.68. The molecule has 1 unspecified atom stereocenters.